The summed E-state index contributed by atoms with van der Waals surface area (Å²) in [6.07, 6.45) is 12.1. The third kappa shape index (κ3) is 2.10. The van der Waals surface area contributed by atoms with E-state index in [4.69, 9.17) is 0 Å². The summed E-state index contributed by atoms with van der Waals surface area (Å²) in [7, 11) is 0. The van der Waals surface area contributed by atoms with Crippen molar-refractivity contribution in [2.24, 2.45) is 28.1 Å². The van der Waals surface area contributed by atoms with Gasteiger partial charge in [0.2, 0.25) is 0 Å². The predicted octanol–water partition coefficient (Wildman–Crippen LogP) is 5.21. The molecule has 3 aliphatic carbocycles. The standard InChI is InChI=1S/C20H30O2/c1-5-18(2)12-9-15-14(13-18)7-8-16-19(15,3)10-6-11-20(16,4)17(21)22/h5,13,15-16H,1,6-12H2,2-4H3,(H,21,22)/t15?,16?,18-,19-,20-/m1/s1. The lowest BCUT2D eigenvalue weighted by Crippen LogP contribution is -2.54. The van der Waals surface area contributed by atoms with Crippen LogP contribution in [0.2, 0.25) is 0 Å². The Balaban J connectivity index is 1.99. The van der Waals surface area contributed by atoms with E-state index in [0.29, 0.717) is 11.8 Å². The van der Waals surface area contributed by atoms with E-state index in [1.54, 1.807) is 5.57 Å². The van der Waals surface area contributed by atoms with Crippen LogP contribution in [0.5, 0.6) is 0 Å². The van der Waals surface area contributed by atoms with E-state index in [9.17, 15) is 9.90 Å². The second kappa shape index (κ2) is 4.97. The Morgan fingerprint density at radius 2 is 2.00 bits per heavy atom. The van der Waals surface area contributed by atoms with Crippen LogP contribution in [0.3, 0.4) is 0 Å². The summed E-state index contributed by atoms with van der Waals surface area (Å²) in [6, 6.07) is 0. The van der Waals surface area contributed by atoms with Crippen molar-refractivity contribution in [3.63, 3.8) is 0 Å². The molecule has 0 aromatic rings. The summed E-state index contributed by atoms with van der Waals surface area (Å²) in [5, 5.41) is 9.84. The Labute approximate surface area is 134 Å². The smallest absolute Gasteiger partial charge is 0.309 e. The van der Waals surface area contributed by atoms with Gasteiger partial charge in [0, 0.05) is 5.41 Å². The maximum absolute atomic E-state index is 12.0. The van der Waals surface area contributed by atoms with Crippen LogP contribution in [-0.4, -0.2) is 11.1 Å². The molecule has 122 valence electrons. The summed E-state index contributed by atoms with van der Waals surface area (Å²) >= 11 is 0. The topological polar surface area (TPSA) is 37.3 Å². The highest BCUT2D eigenvalue weighted by molar-refractivity contribution is 5.75. The molecule has 0 heterocycles. The summed E-state index contributed by atoms with van der Waals surface area (Å²) in [5.41, 5.74) is 1.36. The molecule has 3 rings (SSSR count). The SMILES string of the molecule is C=C[C@@]1(C)C=C2CCC3[C@](C)(CCC[C@@]3(C)C(=O)O)C2CC1. The van der Waals surface area contributed by atoms with Gasteiger partial charge in [-0.1, -0.05) is 38.0 Å². The number of carbonyl (C=O) groups is 1. The molecule has 2 nitrogen and oxygen atoms in total. The Kier molecular flexibility index (Phi) is 3.58. The fourth-order valence-electron chi connectivity index (χ4n) is 5.94. The molecule has 2 unspecified atom stereocenters. The normalized spacial score (nSPS) is 47.9. The number of aliphatic carboxylic acids is 1. The van der Waals surface area contributed by atoms with Gasteiger partial charge in [-0.25, -0.2) is 0 Å². The van der Waals surface area contributed by atoms with Gasteiger partial charge < -0.3 is 5.11 Å². The number of allylic oxidation sites excluding steroid dienone is 3. The average molecular weight is 302 g/mol. The van der Waals surface area contributed by atoms with E-state index < -0.39 is 11.4 Å². The molecule has 2 heteroatoms. The Hall–Kier alpha value is -1.05. The zero-order chi connectivity index (χ0) is 16.2. The van der Waals surface area contributed by atoms with Gasteiger partial charge in [0.1, 0.15) is 0 Å². The average Bonchev–Trinajstić information content (AvgIpc) is 2.46. The highest BCUT2D eigenvalue weighted by atomic mass is 16.4. The molecule has 3 aliphatic rings. The molecule has 0 aromatic heterocycles. The predicted molar refractivity (Wildman–Crippen MR) is 89.5 cm³/mol. The van der Waals surface area contributed by atoms with Gasteiger partial charge in [0.05, 0.1) is 5.41 Å². The number of rotatable bonds is 2. The second-order valence-corrected chi connectivity index (χ2v) is 8.69. The van der Waals surface area contributed by atoms with E-state index >= 15 is 0 Å². The van der Waals surface area contributed by atoms with Crippen LogP contribution in [-0.2, 0) is 4.79 Å². The highest BCUT2D eigenvalue weighted by Gasteiger charge is 2.58. The molecule has 0 amide bonds. The molecule has 22 heavy (non-hydrogen) atoms. The van der Waals surface area contributed by atoms with E-state index in [0.717, 1.165) is 32.1 Å². The summed E-state index contributed by atoms with van der Waals surface area (Å²) in [6.45, 7) is 10.7. The van der Waals surface area contributed by atoms with Crippen LogP contribution in [0.4, 0.5) is 0 Å². The molecule has 0 bridgehead atoms. The molecule has 0 spiro atoms. The zero-order valence-electron chi connectivity index (χ0n) is 14.3. The van der Waals surface area contributed by atoms with E-state index in [2.05, 4.69) is 32.6 Å². The summed E-state index contributed by atoms with van der Waals surface area (Å²) in [5.74, 6) is 0.322. The van der Waals surface area contributed by atoms with Crippen LogP contribution in [0.1, 0.15) is 65.7 Å². The molecule has 0 aromatic carbocycles. The molecule has 2 saturated carbocycles. The summed E-state index contributed by atoms with van der Waals surface area (Å²) < 4.78 is 0. The zero-order valence-corrected chi connectivity index (χ0v) is 14.3. The highest BCUT2D eigenvalue weighted by Crippen LogP contribution is 2.63. The molecular weight excluding hydrogens is 272 g/mol. The molecule has 0 saturated heterocycles. The molecule has 0 aliphatic heterocycles. The van der Waals surface area contributed by atoms with E-state index in [1.165, 1.54) is 12.8 Å². The minimum atomic E-state index is -0.581. The van der Waals surface area contributed by atoms with Crippen LogP contribution in [0, 0.1) is 28.1 Å². The Morgan fingerprint density at radius 3 is 2.64 bits per heavy atom. The van der Waals surface area contributed by atoms with Crippen molar-refractivity contribution >= 4 is 5.97 Å². The third-order valence-corrected chi connectivity index (χ3v) is 7.38. The van der Waals surface area contributed by atoms with Crippen molar-refractivity contribution in [3.8, 4) is 0 Å². The number of carboxylic acid groups (broad SMARTS) is 1. The first-order valence-corrected chi connectivity index (χ1v) is 8.84. The molecule has 1 N–H and O–H groups in total. The van der Waals surface area contributed by atoms with Crippen LogP contribution >= 0.6 is 0 Å². The van der Waals surface area contributed by atoms with Gasteiger partial charge in [-0.3, -0.25) is 4.79 Å². The minimum Gasteiger partial charge on any atom is -0.481 e. The van der Waals surface area contributed by atoms with Gasteiger partial charge in [-0.05, 0) is 62.7 Å². The number of carboxylic acids is 1. The first-order chi connectivity index (χ1) is 10.3. The lowest BCUT2D eigenvalue weighted by atomic mass is 9.45. The second-order valence-electron chi connectivity index (χ2n) is 8.69. The van der Waals surface area contributed by atoms with Gasteiger partial charge >= 0.3 is 5.97 Å². The van der Waals surface area contributed by atoms with Crippen molar-refractivity contribution < 1.29 is 9.90 Å². The van der Waals surface area contributed by atoms with Gasteiger partial charge in [0.25, 0.3) is 0 Å². The fourth-order valence-corrected chi connectivity index (χ4v) is 5.94. The first-order valence-electron chi connectivity index (χ1n) is 8.84. The molecule has 5 atom stereocenters. The van der Waals surface area contributed by atoms with Crippen molar-refractivity contribution in [2.45, 2.75) is 65.7 Å². The lowest BCUT2D eigenvalue weighted by molar-refractivity contribution is -0.164. The summed E-state index contributed by atoms with van der Waals surface area (Å²) in [4.78, 5) is 12.0. The van der Waals surface area contributed by atoms with Crippen molar-refractivity contribution in [2.75, 3.05) is 0 Å². The van der Waals surface area contributed by atoms with E-state index in [-0.39, 0.29) is 10.8 Å². The maximum atomic E-state index is 12.0. The lowest BCUT2D eigenvalue weighted by Gasteiger charge is -2.59. The van der Waals surface area contributed by atoms with Crippen molar-refractivity contribution in [1.29, 1.82) is 0 Å². The van der Waals surface area contributed by atoms with Crippen LogP contribution in [0.25, 0.3) is 0 Å². The quantitative estimate of drug-likeness (QED) is 0.711. The van der Waals surface area contributed by atoms with Crippen LogP contribution in [0.15, 0.2) is 24.3 Å². The number of hydrogen-bond donors (Lipinski definition) is 1. The first kappa shape index (κ1) is 15.8. The fraction of sp³-hybridized carbons (Fsp3) is 0.750. The minimum absolute atomic E-state index is 0.139. The van der Waals surface area contributed by atoms with Crippen molar-refractivity contribution in [1.82, 2.24) is 0 Å². The third-order valence-electron chi connectivity index (χ3n) is 7.38. The largest absolute Gasteiger partial charge is 0.481 e. The number of fused-ring (bicyclic) bond motifs is 3. The van der Waals surface area contributed by atoms with Gasteiger partial charge in [0.15, 0.2) is 0 Å². The van der Waals surface area contributed by atoms with Gasteiger partial charge in [-0.2, -0.15) is 0 Å². The maximum Gasteiger partial charge on any atom is 0.309 e. The van der Waals surface area contributed by atoms with Crippen LogP contribution < -0.4 is 0 Å². The number of hydrogen-bond acceptors (Lipinski definition) is 1. The Bertz CT molecular complexity index is 534. The Morgan fingerprint density at radius 1 is 1.27 bits per heavy atom. The monoisotopic (exact) mass is 302 g/mol. The van der Waals surface area contributed by atoms with Gasteiger partial charge in [-0.15, -0.1) is 6.58 Å². The molecular formula is C20H30O2. The van der Waals surface area contributed by atoms with E-state index in [1.807, 2.05) is 6.92 Å². The molecule has 2 fully saturated rings. The molecule has 0 radical (unpaired) electrons. The van der Waals surface area contributed by atoms with Crippen molar-refractivity contribution in [3.05, 3.63) is 24.3 Å².